The molecule has 11 heteroatoms. The normalized spacial score (nSPS) is 10.7. The van der Waals surface area contributed by atoms with Gasteiger partial charge in [0.2, 0.25) is 17.8 Å². The van der Waals surface area contributed by atoms with Crippen molar-refractivity contribution >= 4 is 17.6 Å². The zero-order valence-corrected chi connectivity index (χ0v) is 19.2. The predicted octanol–water partition coefficient (Wildman–Crippen LogP) is 3.31. The molecular formula is C25H22FN5O5. The Hall–Kier alpha value is -4.80. The second-order valence-electron chi connectivity index (χ2n) is 7.92. The third-order valence-corrected chi connectivity index (χ3v) is 5.18. The van der Waals surface area contributed by atoms with Crippen molar-refractivity contribution in [2.45, 2.75) is 26.4 Å². The fraction of sp³-hybridized carbons (Fsp3) is 0.160. The van der Waals surface area contributed by atoms with Crippen LogP contribution in [-0.2, 0) is 17.9 Å². The van der Waals surface area contributed by atoms with Crippen LogP contribution in [0, 0.1) is 12.9 Å². The predicted molar refractivity (Wildman–Crippen MR) is 129 cm³/mol. The summed E-state index contributed by atoms with van der Waals surface area (Å²) in [6, 6.07) is 18.2. The fourth-order valence-electron chi connectivity index (χ4n) is 3.34. The minimum atomic E-state index is -1.13. The Kier molecular flexibility index (Phi) is 7.19. The largest absolute Gasteiger partial charge is 0.481 e. The van der Waals surface area contributed by atoms with Crippen molar-refractivity contribution in [1.29, 1.82) is 0 Å². The van der Waals surface area contributed by atoms with Gasteiger partial charge < -0.3 is 15.2 Å². The number of hydrogen-bond donors (Lipinski definition) is 2. The first-order valence-corrected chi connectivity index (χ1v) is 10.9. The minimum absolute atomic E-state index is 0.00221. The van der Waals surface area contributed by atoms with Crippen molar-refractivity contribution in [3.63, 3.8) is 0 Å². The van der Waals surface area contributed by atoms with Crippen LogP contribution in [0.25, 0.3) is 0 Å². The van der Waals surface area contributed by atoms with Crippen LogP contribution in [0.4, 0.5) is 16.0 Å². The standard InChI is InChI=1S/C25H22FN5O5/c1-16-5-7-17(8-6-16)15-31-23(29-24(34)30(25(31)35)14-13-22(32)33)27-18-9-11-19(12-10-18)36-21-4-2-3-20(26)28-21/h2-12H,13-15H2,1H3,(H,32,33)(H,27,29,34). The zero-order chi connectivity index (χ0) is 25.7. The molecule has 0 radical (unpaired) electrons. The van der Waals surface area contributed by atoms with E-state index in [2.05, 4.69) is 15.3 Å². The topological polar surface area (TPSA) is 128 Å². The maximum atomic E-state index is 13.3. The summed E-state index contributed by atoms with van der Waals surface area (Å²) in [5, 5.41) is 11.9. The number of benzene rings is 2. The summed E-state index contributed by atoms with van der Waals surface area (Å²) in [5.74, 6) is -1.31. The van der Waals surface area contributed by atoms with Crippen molar-refractivity contribution in [2.75, 3.05) is 5.32 Å². The highest BCUT2D eigenvalue weighted by molar-refractivity contribution is 5.66. The Bertz CT molecular complexity index is 1500. The molecule has 4 aromatic rings. The Balaban J connectivity index is 1.64. The van der Waals surface area contributed by atoms with E-state index in [1.54, 1.807) is 24.3 Å². The Labute approximate surface area is 204 Å². The Morgan fingerprint density at radius 1 is 1.00 bits per heavy atom. The summed E-state index contributed by atoms with van der Waals surface area (Å²) in [7, 11) is 0. The number of carbonyl (C=O) groups is 1. The number of ether oxygens (including phenoxy) is 1. The molecule has 0 aliphatic heterocycles. The quantitative estimate of drug-likeness (QED) is 0.341. The van der Waals surface area contributed by atoms with E-state index in [4.69, 9.17) is 9.84 Å². The molecule has 0 aliphatic carbocycles. The molecule has 0 saturated heterocycles. The maximum absolute atomic E-state index is 13.3. The highest BCUT2D eigenvalue weighted by atomic mass is 19.1. The van der Waals surface area contributed by atoms with Gasteiger partial charge in [0, 0.05) is 18.3 Å². The molecule has 4 rings (SSSR count). The molecule has 0 spiro atoms. The van der Waals surface area contributed by atoms with Crippen LogP contribution in [0.3, 0.4) is 0 Å². The van der Waals surface area contributed by atoms with Crippen molar-refractivity contribution in [1.82, 2.24) is 19.1 Å². The number of aliphatic carboxylic acids is 1. The summed E-state index contributed by atoms with van der Waals surface area (Å²) in [6.45, 7) is 1.75. The van der Waals surface area contributed by atoms with Crippen LogP contribution < -0.4 is 21.4 Å². The van der Waals surface area contributed by atoms with Gasteiger partial charge in [0.05, 0.1) is 13.0 Å². The lowest BCUT2D eigenvalue weighted by Gasteiger charge is -2.16. The number of halogens is 1. The van der Waals surface area contributed by atoms with Crippen LogP contribution in [-0.4, -0.2) is 30.2 Å². The molecule has 0 bridgehead atoms. The number of pyridine rings is 1. The van der Waals surface area contributed by atoms with Crippen LogP contribution in [0.15, 0.2) is 76.3 Å². The average Bonchev–Trinajstić information content (AvgIpc) is 2.83. The first kappa shape index (κ1) is 24.3. The van der Waals surface area contributed by atoms with Crippen molar-refractivity contribution in [3.05, 3.63) is 105 Å². The van der Waals surface area contributed by atoms with Gasteiger partial charge >= 0.3 is 17.3 Å². The molecule has 0 saturated carbocycles. The Morgan fingerprint density at radius 3 is 2.39 bits per heavy atom. The average molecular weight is 491 g/mol. The highest BCUT2D eigenvalue weighted by Gasteiger charge is 2.15. The van der Waals surface area contributed by atoms with Gasteiger partial charge in [-0.1, -0.05) is 35.9 Å². The van der Waals surface area contributed by atoms with E-state index < -0.39 is 29.7 Å². The summed E-state index contributed by atoms with van der Waals surface area (Å²) in [4.78, 5) is 44.3. The maximum Gasteiger partial charge on any atom is 0.354 e. The van der Waals surface area contributed by atoms with Gasteiger partial charge in [0.15, 0.2) is 0 Å². The molecule has 0 unspecified atom stereocenters. The molecule has 2 N–H and O–H groups in total. The van der Waals surface area contributed by atoms with Crippen LogP contribution >= 0.6 is 0 Å². The molecule has 10 nitrogen and oxygen atoms in total. The molecule has 0 amide bonds. The van der Waals surface area contributed by atoms with Crippen LogP contribution in [0.1, 0.15) is 17.5 Å². The fourth-order valence-corrected chi connectivity index (χ4v) is 3.34. The van der Waals surface area contributed by atoms with Gasteiger partial charge in [-0.15, -0.1) is 0 Å². The first-order chi connectivity index (χ1) is 17.3. The van der Waals surface area contributed by atoms with Gasteiger partial charge in [-0.05, 0) is 42.8 Å². The van der Waals surface area contributed by atoms with Gasteiger partial charge in [0.25, 0.3) is 0 Å². The molecule has 2 aromatic carbocycles. The number of anilines is 2. The van der Waals surface area contributed by atoms with Crippen LogP contribution in [0.5, 0.6) is 11.6 Å². The lowest BCUT2D eigenvalue weighted by atomic mass is 10.1. The lowest BCUT2D eigenvalue weighted by Crippen LogP contribution is -2.43. The van der Waals surface area contributed by atoms with E-state index in [1.165, 1.54) is 22.8 Å². The second-order valence-corrected chi connectivity index (χ2v) is 7.92. The van der Waals surface area contributed by atoms with E-state index in [1.807, 2.05) is 31.2 Å². The smallest absolute Gasteiger partial charge is 0.354 e. The van der Waals surface area contributed by atoms with Gasteiger partial charge in [-0.25, -0.2) is 14.2 Å². The van der Waals surface area contributed by atoms with Crippen molar-refractivity contribution in [2.24, 2.45) is 0 Å². The number of nitrogens with one attached hydrogen (secondary N) is 1. The van der Waals surface area contributed by atoms with Gasteiger partial charge in [0.1, 0.15) is 5.75 Å². The lowest BCUT2D eigenvalue weighted by molar-refractivity contribution is -0.137. The number of rotatable bonds is 9. The molecular weight excluding hydrogens is 469 g/mol. The summed E-state index contributed by atoms with van der Waals surface area (Å²) >= 11 is 0. The summed E-state index contributed by atoms with van der Waals surface area (Å²) < 4.78 is 20.9. The number of aromatic nitrogens is 4. The zero-order valence-electron chi connectivity index (χ0n) is 19.2. The van der Waals surface area contributed by atoms with E-state index in [0.717, 1.165) is 15.7 Å². The summed E-state index contributed by atoms with van der Waals surface area (Å²) in [5.41, 5.74) is 0.798. The molecule has 2 heterocycles. The van der Waals surface area contributed by atoms with E-state index in [9.17, 15) is 18.8 Å². The number of carboxylic acids is 1. The number of aryl methyl sites for hydroxylation is 1. The third kappa shape index (κ3) is 6.00. The molecule has 36 heavy (non-hydrogen) atoms. The van der Waals surface area contributed by atoms with Crippen molar-refractivity contribution < 1.29 is 19.0 Å². The molecule has 184 valence electrons. The van der Waals surface area contributed by atoms with Crippen LogP contribution in [0.2, 0.25) is 0 Å². The number of hydrogen-bond acceptors (Lipinski definition) is 7. The van der Waals surface area contributed by atoms with Gasteiger partial charge in [-0.2, -0.15) is 14.4 Å². The Morgan fingerprint density at radius 2 is 1.72 bits per heavy atom. The van der Waals surface area contributed by atoms with Crippen molar-refractivity contribution in [3.8, 4) is 11.6 Å². The second kappa shape index (κ2) is 10.6. The SMILES string of the molecule is Cc1ccc(Cn2c(Nc3ccc(Oc4cccc(F)n4)cc3)nc(=O)n(CCC(=O)O)c2=O)cc1. The minimum Gasteiger partial charge on any atom is -0.481 e. The monoisotopic (exact) mass is 491 g/mol. The van der Waals surface area contributed by atoms with Gasteiger partial charge in [-0.3, -0.25) is 9.36 Å². The molecule has 0 fully saturated rings. The van der Waals surface area contributed by atoms with E-state index >= 15 is 0 Å². The highest BCUT2D eigenvalue weighted by Crippen LogP contribution is 2.23. The number of carboxylic acid groups (broad SMARTS) is 1. The first-order valence-electron chi connectivity index (χ1n) is 10.9. The third-order valence-electron chi connectivity index (χ3n) is 5.18. The molecule has 0 atom stereocenters. The van der Waals surface area contributed by atoms with E-state index in [0.29, 0.717) is 11.4 Å². The summed E-state index contributed by atoms with van der Waals surface area (Å²) in [6.07, 6.45) is -0.393. The molecule has 2 aromatic heterocycles. The van der Waals surface area contributed by atoms with E-state index in [-0.39, 0.29) is 24.9 Å². The molecule has 0 aliphatic rings. The number of nitrogens with zero attached hydrogens (tertiary/aromatic N) is 4.